The molecule has 1 fully saturated rings. The van der Waals surface area contributed by atoms with Crippen LogP contribution in [0.25, 0.3) is 10.9 Å². The Morgan fingerprint density at radius 3 is 2.91 bits per heavy atom. The van der Waals surface area contributed by atoms with Gasteiger partial charge in [0.25, 0.3) is 11.8 Å². The molecule has 1 aliphatic heterocycles. The normalized spacial score (nSPS) is 22.0. The number of morpholine rings is 1. The molecule has 3 rings (SSSR count). The van der Waals surface area contributed by atoms with Crippen molar-refractivity contribution in [2.24, 2.45) is 5.73 Å². The maximum Gasteiger partial charge on any atom is 0.270 e. The van der Waals surface area contributed by atoms with Crippen molar-refractivity contribution < 1.29 is 18.7 Å². The van der Waals surface area contributed by atoms with Crippen LogP contribution in [0.15, 0.2) is 24.3 Å². The molecule has 0 radical (unpaired) electrons. The van der Waals surface area contributed by atoms with Crippen molar-refractivity contribution in [2.45, 2.75) is 12.5 Å². The van der Waals surface area contributed by atoms with Crippen LogP contribution in [-0.4, -0.2) is 47.0 Å². The van der Waals surface area contributed by atoms with Gasteiger partial charge >= 0.3 is 0 Å². The third-order valence-corrected chi connectivity index (χ3v) is 3.90. The molecule has 6 nitrogen and oxygen atoms in total. The highest BCUT2D eigenvalue weighted by Gasteiger charge is 2.39. The smallest absolute Gasteiger partial charge is 0.270 e. The van der Waals surface area contributed by atoms with Crippen molar-refractivity contribution >= 4 is 22.7 Å². The number of ether oxygens (including phenoxy) is 1. The van der Waals surface area contributed by atoms with Crippen LogP contribution >= 0.6 is 0 Å². The van der Waals surface area contributed by atoms with Crippen molar-refractivity contribution in [3.63, 3.8) is 0 Å². The van der Waals surface area contributed by atoms with Crippen molar-refractivity contribution in [1.82, 2.24) is 9.88 Å². The molecule has 1 aliphatic rings. The number of halogens is 1. The number of hydrogen-bond donors (Lipinski definition) is 2. The molecule has 1 aromatic heterocycles. The maximum absolute atomic E-state index is 13.2. The van der Waals surface area contributed by atoms with E-state index in [4.69, 9.17) is 10.5 Å². The minimum atomic E-state index is -1.19. The number of carbonyl (C=O) groups excluding carboxylic acids is 2. The summed E-state index contributed by atoms with van der Waals surface area (Å²) in [6, 6.07) is 5.93. The number of aromatic amines is 1. The molecule has 22 heavy (non-hydrogen) atoms. The average Bonchev–Trinajstić information content (AvgIpc) is 2.89. The lowest BCUT2D eigenvalue weighted by Crippen LogP contribution is -2.58. The summed E-state index contributed by atoms with van der Waals surface area (Å²) in [7, 11) is 0. The van der Waals surface area contributed by atoms with E-state index < -0.39 is 11.5 Å². The summed E-state index contributed by atoms with van der Waals surface area (Å²) in [5, 5.41) is 0.746. The predicted molar refractivity (Wildman–Crippen MR) is 77.7 cm³/mol. The number of fused-ring (bicyclic) bond motifs is 1. The first-order chi connectivity index (χ1) is 10.4. The van der Waals surface area contributed by atoms with Gasteiger partial charge in [0.05, 0.1) is 13.2 Å². The SMILES string of the molecule is C[C@@]1(C(N)=O)CN(C(=O)c2cc3ccc(F)cc3[nH]2)CCO1. The first kappa shape index (κ1) is 14.5. The summed E-state index contributed by atoms with van der Waals surface area (Å²) in [6.45, 7) is 2.26. The molecule has 0 unspecified atom stereocenters. The van der Waals surface area contributed by atoms with E-state index in [0.29, 0.717) is 17.8 Å². The fraction of sp³-hybridized carbons (Fsp3) is 0.333. The van der Waals surface area contributed by atoms with Gasteiger partial charge < -0.3 is 20.4 Å². The molecule has 1 atom stereocenters. The molecule has 0 aliphatic carbocycles. The topological polar surface area (TPSA) is 88.4 Å². The number of rotatable bonds is 2. The summed E-state index contributed by atoms with van der Waals surface area (Å²) in [4.78, 5) is 28.4. The fourth-order valence-electron chi connectivity index (χ4n) is 2.58. The largest absolute Gasteiger partial charge is 0.367 e. The second-order valence-electron chi connectivity index (χ2n) is 5.58. The van der Waals surface area contributed by atoms with Gasteiger partial charge in [-0.15, -0.1) is 0 Å². The number of carbonyl (C=O) groups is 2. The van der Waals surface area contributed by atoms with Gasteiger partial charge in [0, 0.05) is 17.4 Å². The number of benzene rings is 1. The van der Waals surface area contributed by atoms with Gasteiger partial charge in [0.15, 0.2) is 5.60 Å². The van der Waals surface area contributed by atoms with Gasteiger partial charge in [-0.3, -0.25) is 9.59 Å². The quantitative estimate of drug-likeness (QED) is 0.868. The standard InChI is InChI=1S/C15H16FN3O3/c1-15(14(17)21)8-19(4-5-22-15)13(20)12-6-9-2-3-10(16)7-11(9)18-12/h2-3,6-7,18H,4-5,8H2,1H3,(H2,17,21)/t15-/m0/s1. The number of nitrogens with two attached hydrogens (primary N) is 1. The Bertz CT molecular complexity index is 758. The van der Waals surface area contributed by atoms with Crippen LogP contribution in [0.1, 0.15) is 17.4 Å². The second-order valence-corrected chi connectivity index (χ2v) is 5.58. The molecule has 1 aromatic carbocycles. The number of H-pyrrole nitrogens is 1. The van der Waals surface area contributed by atoms with Crippen LogP contribution in [0.3, 0.4) is 0 Å². The highest BCUT2D eigenvalue weighted by molar-refractivity contribution is 5.98. The first-order valence-corrected chi connectivity index (χ1v) is 6.90. The van der Waals surface area contributed by atoms with E-state index in [9.17, 15) is 14.0 Å². The van der Waals surface area contributed by atoms with E-state index in [-0.39, 0.29) is 24.9 Å². The highest BCUT2D eigenvalue weighted by atomic mass is 19.1. The van der Waals surface area contributed by atoms with Gasteiger partial charge in [0.2, 0.25) is 0 Å². The molecule has 0 saturated carbocycles. The summed E-state index contributed by atoms with van der Waals surface area (Å²) >= 11 is 0. The van der Waals surface area contributed by atoms with Gasteiger partial charge in [-0.1, -0.05) is 0 Å². The third kappa shape index (κ3) is 2.43. The highest BCUT2D eigenvalue weighted by Crippen LogP contribution is 2.21. The van der Waals surface area contributed by atoms with Crippen LogP contribution in [0.4, 0.5) is 4.39 Å². The minimum absolute atomic E-state index is 0.0882. The minimum Gasteiger partial charge on any atom is -0.367 e. The summed E-state index contributed by atoms with van der Waals surface area (Å²) in [6.07, 6.45) is 0. The molecule has 2 heterocycles. The molecule has 116 valence electrons. The average molecular weight is 305 g/mol. The Morgan fingerprint density at radius 2 is 2.18 bits per heavy atom. The second kappa shape index (κ2) is 5.10. The lowest BCUT2D eigenvalue weighted by molar-refractivity contribution is -0.150. The molecule has 0 spiro atoms. The van der Waals surface area contributed by atoms with Crippen molar-refractivity contribution in [3.05, 3.63) is 35.8 Å². The van der Waals surface area contributed by atoms with Crippen molar-refractivity contribution in [3.8, 4) is 0 Å². The van der Waals surface area contributed by atoms with Gasteiger partial charge in [0.1, 0.15) is 11.5 Å². The Morgan fingerprint density at radius 1 is 1.41 bits per heavy atom. The molecular weight excluding hydrogens is 289 g/mol. The number of aromatic nitrogens is 1. The van der Waals surface area contributed by atoms with Crippen molar-refractivity contribution in [2.75, 3.05) is 19.7 Å². The van der Waals surface area contributed by atoms with Gasteiger partial charge in [-0.2, -0.15) is 0 Å². The van der Waals surface area contributed by atoms with E-state index >= 15 is 0 Å². The number of hydrogen-bond acceptors (Lipinski definition) is 3. The maximum atomic E-state index is 13.2. The van der Waals surface area contributed by atoms with Gasteiger partial charge in [-0.05, 0) is 31.2 Å². The van der Waals surface area contributed by atoms with E-state index in [1.165, 1.54) is 17.0 Å². The molecule has 2 aromatic rings. The van der Waals surface area contributed by atoms with E-state index in [0.717, 1.165) is 5.39 Å². The molecule has 3 N–H and O–H groups in total. The lowest BCUT2D eigenvalue weighted by atomic mass is 10.0. The van der Waals surface area contributed by atoms with E-state index in [1.54, 1.807) is 19.1 Å². The number of nitrogens with zero attached hydrogens (tertiary/aromatic N) is 1. The monoisotopic (exact) mass is 305 g/mol. The molecule has 0 bridgehead atoms. The zero-order valence-corrected chi connectivity index (χ0v) is 12.1. The molecule has 2 amide bonds. The molecular formula is C15H16FN3O3. The predicted octanol–water partition coefficient (Wildman–Crippen LogP) is 1.02. The lowest BCUT2D eigenvalue weighted by Gasteiger charge is -2.38. The van der Waals surface area contributed by atoms with E-state index in [2.05, 4.69) is 4.98 Å². The number of nitrogens with one attached hydrogen (secondary N) is 1. The first-order valence-electron chi connectivity index (χ1n) is 6.90. The Kier molecular flexibility index (Phi) is 3.37. The molecule has 1 saturated heterocycles. The zero-order valence-electron chi connectivity index (χ0n) is 12.1. The summed E-state index contributed by atoms with van der Waals surface area (Å²) in [5.74, 6) is -1.25. The van der Waals surface area contributed by atoms with Crippen LogP contribution < -0.4 is 5.73 Å². The van der Waals surface area contributed by atoms with Gasteiger partial charge in [-0.25, -0.2) is 4.39 Å². The number of amides is 2. The Labute approximate surface area is 126 Å². The zero-order chi connectivity index (χ0) is 15.9. The van der Waals surface area contributed by atoms with Crippen LogP contribution in [0.5, 0.6) is 0 Å². The van der Waals surface area contributed by atoms with Crippen LogP contribution in [-0.2, 0) is 9.53 Å². The third-order valence-electron chi connectivity index (χ3n) is 3.90. The summed E-state index contributed by atoms with van der Waals surface area (Å²) in [5.41, 5.74) is 5.03. The Hall–Kier alpha value is -2.41. The van der Waals surface area contributed by atoms with Crippen LogP contribution in [0.2, 0.25) is 0 Å². The summed E-state index contributed by atoms with van der Waals surface area (Å²) < 4.78 is 18.6. The number of primary amides is 1. The van der Waals surface area contributed by atoms with Crippen molar-refractivity contribution in [1.29, 1.82) is 0 Å². The molecule has 7 heteroatoms. The van der Waals surface area contributed by atoms with Crippen LogP contribution in [0, 0.1) is 5.82 Å². The van der Waals surface area contributed by atoms with E-state index in [1.807, 2.05) is 0 Å². The fourth-order valence-corrected chi connectivity index (χ4v) is 2.58. The Balaban J connectivity index is 1.87.